The van der Waals surface area contributed by atoms with E-state index in [-0.39, 0.29) is 17.8 Å². The molecule has 88 valence electrons. The van der Waals surface area contributed by atoms with Crippen molar-refractivity contribution in [2.45, 2.75) is 19.9 Å². The summed E-state index contributed by atoms with van der Waals surface area (Å²) in [7, 11) is 0. The van der Waals surface area contributed by atoms with Gasteiger partial charge in [-0.3, -0.25) is 4.79 Å². The molecule has 1 aromatic carbocycles. The fourth-order valence-corrected chi connectivity index (χ4v) is 2.18. The highest BCUT2D eigenvalue weighted by atomic mass is 127. The molecule has 0 aliphatic rings. The summed E-state index contributed by atoms with van der Waals surface area (Å²) in [4.78, 5) is 13.4. The Morgan fingerprint density at radius 2 is 2.00 bits per heavy atom. The molecule has 0 spiro atoms. The number of rotatable bonds is 4. The Morgan fingerprint density at radius 3 is 2.44 bits per heavy atom. The van der Waals surface area contributed by atoms with E-state index in [2.05, 4.69) is 34.7 Å². The van der Waals surface area contributed by atoms with Gasteiger partial charge >= 0.3 is 0 Å². The Morgan fingerprint density at radius 1 is 1.44 bits per heavy atom. The zero-order valence-corrected chi connectivity index (χ0v) is 12.3. The van der Waals surface area contributed by atoms with Gasteiger partial charge in [0.15, 0.2) is 0 Å². The van der Waals surface area contributed by atoms with Crippen LogP contribution in [0.3, 0.4) is 0 Å². The van der Waals surface area contributed by atoms with E-state index in [0.29, 0.717) is 6.54 Å². The van der Waals surface area contributed by atoms with E-state index in [1.807, 2.05) is 26.0 Å². The number of carbonyl (C=O) groups excluding carboxylic acids is 1. The fourth-order valence-electron chi connectivity index (χ4n) is 1.66. The molecule has 0 radical (unpaired) electrons. The molecule has 0 bridgehead atoms. The van der Waals surface area contributed by atoms with Gasteiger partial charge in [-0.1, -0.05) is 12.1 Å². The van der Waals surface area contributed by atoms with Crippen molar-refractivity contribution in [3.63, 3.8) is 0 Å². The zero-order valence-electron chi connectivity index (χ0n) is 9.41. The summed E-state index contributed by atoms with van der Waals surface area (Å²) in [5.41, 5.74) is 1.14. The molecule has 0 aromatic heterocycles. The van der Waals surface area contributed by atoms with Gasteiger partial charge in [0.25, 0.3) is 0 Å². The van der Waals surface area contributed by atoms with Crippen molar-refractivity contribution < 1.29 is 4.79 Å². The van der Waals surface area contributed by atoms with Gasteiger partial charge in [0.1, 0.15) is 5.88 Å². The van der Waals surface area contributed by atoms with E-state index < -0.39 is 0 Å². The molecule has 0 aliphatic carbocycles. The standard InChI is InChI=1S/C12H15ClINO/c1-3-15(12(16)8-13)9(2)10-4-6-11(14)7-5-10/h4-7,9H,3,8H2,1-2H3. The highest BCUT2D eigenvalue weighted by molar-refractivity contribution is 14.1. The van der Waals surface area contributed by atoms with Crippen LogP contribution in [0.4, 0.5) is 0 Å². The van der Waals surface area contributed by atoms with Crippen LogP contribution in [0.5, 0.6) is 0 Å². The summed E-state index contributed by atoms with van der Waals surface area (Å²) in [5, 5.41) is 0. The number of nitrogens with zero attached hydrogens (tertiary/aromatic N) is 1. The maximum atomic E-state index is 11.6. The molecular formula is C12H15ClINO. The molecule has 0 N–H and O–H groups in total. The first kappa shape index (κ1) is 13.8. The number of amides is 1. The van der Waals surface area contributed by atoms with E-state index >= 15 is 0 Å². The Labute approximate surface area is 115 Å². The van der Waals surface area contributed by atoms with Crippen molar-refractivity contribution in [1.29, 1.82) is 0 Å². The lowest BCUT2D eigenvalue weighted by Crippen LogP contribution is -2.34. The molecule has 0 saturated carbocycles. The molecule has 2 nitrogen and oxygen atoms in total. The average Bonchev–Trinajstić information content (AvgIpc) is 2.30. The number of hydrogen-bond donors (Lipinski definition) is 0. The van der Waals surface area contributed by atoms with Crippen molar-refractivity contribution in [3.05, 3.63) is 33.4 Å². The minimum Gasteiger partial charge on any atom is -0.335 e. The van der Waals surface area contributed by atoms with E-state index in [1.54, 1.807) is 4.90 Å². The number of halogens is 2. The maximum absolute atomic E-state index is 11.6. The highest BCUT2D eigenvalue weighted by Gasteiger charge is 2.18. The van der Waals surface area contributed by atoms with Crippen LogP contribution in [0.2, 0.25) is 0 Å². The normalized spacial score (nSPS) is 12.2. The molecular weight excluding hydrogens is 336 g/mol. The van der Waals surface area contributed by atoms with Gasteiger partial charge in [0.05, 0.1) is 6.04 Å². The van der Waals surface area contributed by atoms with Gasteiger partial charge < -0.3 is 4.90 Å². The van der Waals surface area contributed by atoms with Crippen LogP contribution in [0.15, 0.2) is 24.3 Å². The summed E-state index contributed by atoms with van der Waals surface area (Å²) in [6, 6.07) is 8.28. The molecule has 0 fully saturated rings. The summed E-state index contributed by atoms with van der Waals surface area (Å²) in [5.74, 6) is 0.0259. The van der Waals surface area contributed by atoms with Crippen LogP contribution in [0.25, 0.3) is 0 Å². The first-order valence-corrected chi connectivity index (χ1v) is 6.82. The number of alkyl halides is 1. The third kappa shape index (κ3) is 3.35. The minimum absolute atomic E-state index is 0.0183. The van der Waals surface area contributed by atoms with E-state index in [9.17, 15) is 4.79 Å². The van der Waals surface area contributed by atoms with Gasteiger partial charge in [-0.05, 0) is 54.1 Å². The van der Waals surface area contributed by atoms with Crippen LogP contribution >= 0.6 is 34.2 Å². The van der Waals surface area contributed by atoms with Crippen LogP contribution in [-0.4, -0.2) is 23.2 Å². The second kappa shape index (κ2) is 6.45. The van der Waals surface area contributed by atoms with Gasteiger partial charge in [0, 0.05) is 10.1 Å². The third-order valence-corrected chi connectivity index (χ3v) is 3.54. The third-order valence-electron chi connectivity index (χ3n) is 2.60. The lowest BCUT2D eigenvalue weighted by molar-refractivity contribution is -0.130. The van der Waals surface area contributed by atoms with Gasteiger partial charge in [-0.2, -0.15) is 0 Å². The van der Waals surface area contributed by atoms with E-state index in [4.69, 9.17) is 11.6 Å². The van der Waals surface area contributed by atoms with Gasteiger partial charge in [-0.15, -0.1) is 11.6 Å². The quantitative estimate of drug-likeness (QED) is 0.601. The van der Waals surface area contributed by atoms with Crippen LogP contribution in [0, 0.1) is 3.57 Å². The fraction of sp³-hybridized carbons (Fsp3) is 0.417. The molecule has 1 unspecified atom stereocenters. The van der Waals surface area contributed by atoms with Crippen molar-refractivity contribution in [3.8, 4) is 0 Å². The van der Waals surface area contributed by atoms with Crippen molar-refractivity contribution in [2.24, 2.45) is 0 Å². The van der Waals surface area contributed by atoms with Crippen LogP contribution in [0.1, 0.15) is 25.5 Å². The highest BCUT2D eigenvalue weighted by Crippen LogP contribution is 2.21. The lowest BCUT2D eigenvalue weighted by atomic mass is 10.1. The number of benzene rings is 1. The number of hydrogen-bond acceptors (Lipinski definition) is 1. The predicted octanol–water partition coefficient (Wildman–Crippen LogP) is 3.44. The number of carbonyl (C=O) groups is 1. The average molecular weight is 352 g/mol. The first-order chi connectivity index (χ1) is 7.60. The topological polar surface area (TPSA) is 20.3 Å². The van der Waals surface area contributed by atoms with E-state index in [1.165, 1.54) is 3.57 Å². The first-order valence-electron chi connectivity index (χ1n) is 5.21. The summed E-state index contributed by atoms with van der Waals surface area (Å²) in [6.45, 7) is 4.67. The SMILES string of the molecule is CCN(C(=O)CCl)C(C)c1ccc(I)cc1. The van der Waals surface area contributed by atoms with Crippen LogP contribution in [-0.2, 0) is 4.79 Å². The molecule has 1 aromatic rings. The summed E-state index contributed by atoms with van der Waals surface area (Å²) in [6.07, 6.45) is 0. The second-order valence-electron chi connectivity index (χ2n) is 3.54. The molecule has 0 heterocycles. The molecule has 16 heavy (non-hydrogen) atoms. The Kier molecular flexibility index (Phi) is 5.55. The molecule has 1 atom stereocenters. The Bertz CT molecular complexity index is 353. The Hall–Kier alpha value is -0.290. The van der Waals surface area contributed by atoms with Crippen molar-refractivity contribution in [2.75, 3.05) is 12.4 Å². The molecule has 4 heteroatoms. The predicted molar refractivity (Wildman–Crippen MR) is 75.7 cm³/mol. The van der Waals surface area contributed by atoms with Gasteiger partial charge in [0.2, 0.25) is 5.91 Å². The minimum atomic E-state index is -0.0183. The van der Waals surface area contributed by atoms with Gasteiger partial charge in [-0.25, -0.2) is 0 Å². The monoisotopic (exact) mass is 351 g/mol. The van der Waals surface area contributed by atoms with Crippen molar-refractivity contribution in [1.82, 2.24) is 4.90 Å². The smallest absolute Gasteiger partial charge is 0.237 e. The molecule has 0 saturated heterocycles. The van der Waals surface area contributed by atoms with E-state index in [0.717, 1.165) is 5.56 Å². The summed E-state index contributed by atoms with van der Waals surface area (Å²) >= 11 is 7.86. The largest absolute Gasteiger partial charge is 0.335 e. The molecule has 0 aliphatic heterocycles. The van der Waals surface area contributed by atoms with Crippen molar-refractivity contribution >= 4 is 40.1 Å². The second-order valence-corrected chi connectivity index (χ2v) is 5.05. The molecule has 1 amide bonds. The summed E-state index contributed by atoms with van der Waals surface area (Å²) < 4.78 is 1.19. The zero-order chi connectivity index (χ0) is 12.1. The molecule has 1 rings (SSSR count). The van der Waals surface area contributed by atoms with Crippen LogP contribution < -0.4 is 0 Å². The Balaban J connectivity index is 2.86. The lowest BCUT2D eigenvalue weighted by Gasteiger charge is -2.27. The maximum Gasteiger partial charge on any atom is 0.237 e.